The van der Waals surface area contributed by atoms with Crippen molar-refractivity contribution in [3.8, 4) is 0 Å². The molecule has 0 aliphatic heterocycles. The van der Waals surface area contributed by atoms with Gasteiger partial charge in [0.15, 0.2) is 9.84 Å². The van der Waals surface area contributed by atoms with Gasteiger partial charge in [-0.3, -0.25) is 4.79 Å². The molecule has 2 amide bonds. The van der Waals surface area contributed by atoms with Crippen LogP contribution in [0.3, 0.4) is 0 Å². The van der Waals surface area contributed by atoms with Crippen LogP contribution in [0, 0.1) is 0 Å². The van der Waals surface area contributed by atoms with Crippen LogP contribution in [0.2, 0.25) is 0 Å². The normalized spacial score (nSPS) is 12.6. The van der Waals surface area contributed by atoms with Gasteiger partial charge in [-0.15, -0.1) is 0 Å². The molecule has 1 aromatic rings. The number of halogens is 3. The van der Waals surface area contributed by atoms with E-state index in [9.17, 15) is 31.2 Å². The summed E-state index contributed by atoms with van der Waals surface area (Å²) >= 11 is 0. The number of carbonyl (C=O) groups is 2. The number of benzene rings is 1. The number of sulfone groups is 1. The third-order valence-corrected chi connectivity index (χ3v) is 8.46. The first-order valence-electron chi connectivity index (χ1n) is 16.0. The second-order valence-corrected chi connectivity index (χ2v) is 12.4. The van der Waals surface area contributed by atoms with E-state index < -0.39 is 39.5 Å². The van der Waals surface area contributed by atoms with Crippen molar-refractivity contribution in [2.75, 3.05) is 98.1 Å². The molecule has 0 saturated carbocycles. The van der Waals surface area contributed by atoms with Crippen molar-refractivity contribution < 1.29 is 64.3 Å². The molecule has 1 unspecified atom stereocenters. The Bertz CT molecular complexity index is 1090. The molecule has 13 nitrogen and oxygen atoms in total. The minimum Gasteiger partial charge on any atom is -0.445 e. The van der Waals surface area contributed by atoms with Gasteiger partial charge in [-0.1, -0.05) is 0 Å². The van der Waals surface area contributed by atoms with E-state index in [1.54, 1.807) is 4.90 Å². The van der Waals surface area contributed by atoms with E-state index in [2.05, 4.69) is 0 Å². The molecule has 1 rings (SSSR count). The summed E-state index contributed by atoms with van der Waals surface area (Å²) in [6.45, 7) is 9.59. The van der Waals surface area contributed by atoms with Crippen molar-refractivity contribution >= 4 is 21.8 Å². The molecule has 1 atom stereocenters. The molecule has 0 saturated heterocycles. The van der Waals surface area contributed by atoms with Crippen LogP contribution < -0.4 is 5.73 Å². The summed E-state index contributed by atoms with van der Waals surface area (Å²) < 4.78 is 102. The number of rotatable bonds is 29. The maximum Gasteiger partial charge on any atom is 0.416 e. The van der Waals surface area contributed by atoms with E-state index in [1.807, 2.05) is 13.8 Å². The monoisotopic (exact) mass is 716 g/mol. The number of primary amides is 1. The standard InChI is InChI=1S/C31H51F3N2O11S/c1-3-41-17-19-45-23-21-43-15-13-36(14-16-44-22-24-46-20-18-42-4-2)29(37)8-6-5-7-27(47-30(35)38)25-48(39,40)28-11-9-26(10-12-28)31(32,33)34/h9-12,27H,3-8,13-25H2,1-2H3,(H2,35,38). The van der Waals surface area contributed by atoms with Gasteiger partial charge in [0, 0.05) is 32.7 Å². The lowest BCUT2D eigenvalue weighted by molar-refractivity contribution is -0.137. The van der Waals surface area contributed by atoms with Crippen LogP contribution in [0.15, 0.2) is 29.2 Å². The molecule has 0 aliphatic rings. The van der Waals surface area contributed by atoms with E-state index in [0.29, 0.717) is 104 Å². The number of hydrogen-bond acceptors (Lipinski definition) is 11. The summed E-state index contributed by atoms with van der Waals surface area (Å²) in [4.78, 5) is 25.8. The van der Waals surface area contributed by atoms with Crippen molar-refractivity contribution in [1.82, 2.24) is 4.90 Å². The first-order chi connectivity index (χ1) is 22.9. The topological polar surface area (TPSA) is 162 Å². The van der Waals surface area contributed by atoms with Gasteiger partial charge in [-0.2, -0.15) is 13.2 Å². The van der Waals surface area contributed by atoms with E-state index >= 15 is 0 Å². The fourth-order valence-corrected chi connectivity index (χ4v) is 5.69. The largest absolute Gasteiger partial charge is 0.445 e. The van der Waals surface area contributed by atoms with Gasteiger partial charge < -0.3 is 43.8 Å². The number of nitrogens with two attached hydrogens (primary N) is 1. The van der Waals surface area contributed by atoms with Gasteiger partial charge in [0.05, 0.1) is 82.3 Å². The molecule has 0 bridgehead atoms. The maximum atomic E-state index is 13.1. The fourth-order valence-electron chi connectivity index (χ4n) is 4.22. The van der Waals surface area contributed by atoms with E-state index in [0.717, 1.165) is 12.1 Å². The Morgan fingerprint density at radius 2 is 1.21 bits per heavy atom. The number of nitrogens with zero attached hydrogens (tertiary/aromatic N) is 1. The summed E-state index contributed by atoms with van der Waals surface area (Å²) in [6.07, 6.45) is -6.13. The lowest BCUT2D eigenvalue weighted by Gasteiger charge is -2.23. The summed E-state index contributed by atoms with van der Waals surface area (Å²) in [5, 5.41) is 0. The second-order valence-electron chi connectivity index (χ2n) is 10.3. The minimum absolute atomic E-state index is 0.0644. The van der Waals surface area contributed by atoms with Crippen molar-refractivity contribution in [2.45, 2.75) is 56.7 Å². The first kappa shape index (κ1) is 43.5. The Morgan fingerprint density at radius 3 is 1.65 bits per heavy atom. The van der Waals surface area contributed by atoms with Crippen LogP contribution in [0.1, 0.15) is 45.1 Å². The summed E-state index contributed by atoms with van der Waals surface area (Å²) in [6, 6.07) is 3.04. The summed E-state index contributed by atoms with van der Waals surface area (Å²) in [7, 11) is -4.11. The average Bonchev–Trinajstić information content (AvgIpc) is 3.03. The molecule has 0 fully saturated rings. The number of unbranched alkanes of at least 4 members (excludes halogenated alkanes) is 1. The molecule has 0 aliphatic carbocycles. The molecular weight excluding hydrogens is 665 g/mol. The van der Waals surface area contributed by atoms with E-state index in [1.165, 1.54) is 0 Å². The van der Waals surface area contributed by atoms with Gasteiger partial charge in [-0.25, -0.2) is 13.2 Å². The number of ether oxygens (including phenoxy) is 7. The highest BCUT2D eigenvalue weighted by Gasteiger charge is 2.31. The predicted octanol–water partition coefficient (Wildman–Crippen LogP) is 3.47. The van der Waals surface area contributed by atoms with Crippen LogP contribution in [0.25, 0.3) is 0 Å². The highest BCUT2D eigenvalue weighted by atomic mass is 32.2. The average molecular weight is 717 g/mol. The number of carbonyl (C=O) groups excluding carboxylic acids is 2. The van der Waals surface area contributed by atoms with Gasteiger partial charge in [0.25, 0.3) is 0 Å². The molecule has 0 spiro atoms. The maximum absolute atomic E-state index is 13.1. The third kappa shape index (κ3) is 20.7. The smallest absolute Gasteiger partial charge is 0.416 e. The Kier molecular flexibility index (Phi) is 23.0. The second kappa shape index (κ2) is 25.4. The highest BCUT2D eigenvalue weighted by molar-refractivity contribution is 7.91. The lowest BCUT2D eigenvalue weighted by atomic mass is 10.1. The molecule has 1 aromatic carbocycles. The van der Waals surface area contributed by atoms with Crippen molar-refractivity contribution in [2.24, 2.45) is 5.73 Å². The summed E-state index contributed by atoms with van der Waals surface area (Å²) in [5.74, 6) is -0.853. The lowest BCUT2D eigenvalue weighted by Crippen LogP contribution is -2.37. The van der Waals surface area contributed by atoms with Crippen LogP contribution in [0.4, 0.5) is 18.0 Å². The van der Waals surface area contributed by atoms with Crippen LogP contribution >= 0.6 is 0 Å². The molecule has 17 heteroatoms. The fraction of sp³-hybridized carbons (Fsp3) is 0.742. The van der Waals surface area contributed by atoms with Crippen LogP contribution in [0.5, 0.6) is 0 Å². The number of amides is 2. The number of hydrogen-bond donors (Lipinski definition) is 1. The third-order valence-electron chi connectivity index (χ3n) is 6.66. The predicted molar refractivity (Wildman–Crippen MR) is 169 cm³/mol. The number of alkyl halides is 3. The molecule has 48 heavy (non-hydrogen) atoms. The molecule has 0 aromatic heterocycles. The zero-order valence-electron chi connectivity index (χ0n) is 27.9. The Morgan fingerprint density at radius 1 is 0.750 bits per heavy atom. The van der Waals surface area contributed by atoms with E-state index in [4.69, 9.17) is 38.9 Å². The zero-order valence-corrected chi connectivity index (χ0v) is 28.7. The van der Waals surface area contributed by atoms with Crippen molar-refractivity contribution in [3.05, 3.63) is 29.8 Å². The van der Waals surface area contributed by atoms with Gasteiger partial charge >= 0.3 is 12.3 Å². The van der Waals surface area contributed by atoms with E-state index in [-0.39, 0.29) is 36.9 Å². The SMILES string of the molecule is CCOCCOCCOCCN(CCOCCOCCOCC)C(=O)CCCCC(CS(=O)(=O)c1ccc(C(F)(F)F)cc1)OC(N)=O. The highest BCUT2D eigenvalue weighted by Crippen LogP contribution is 2.30. The molecular formula is C31H51F3N2O11S. The van der Waals surface area contributed by atoms with Crippen molar-refractivity contribution in [3.63, 3.8) is 0 Å². The zero-order chi connectivity index (χ0) is 35.7. The molecule has 0 radical (unpaired) electrons. The quantitative estimate of drug-likeness (QED) is 0.121. The van der Waals surface area contributed by atoms with Crippen LogP contribution in [-0.4, -0.2) is 130 Å². The van der Waals surface area contributed by atoms with Crippen molar-refractivity contribution in [1.29, 1.82) is 0 Å². The Hall–Kier alpha value is -2.54. The van der Waals surface area contributed by atoms with Gasteiger partial charge in [0.2, 0.25) is 5.91 Å². The van der Waals surface area contributed by atoms with Gasteiger partial charge in [0.1, 0.15) is 6.10 Å². The summed E-state index contributed by atoms with van der Waals surface area (Å²) in [5.41, 5.74) is 4.13. The minimum atomic E-state index is -4.62. The van der Waals surface area contributed by atoms with Gasteiger partial charge in [-0.05, 0) is 57.4 Å². The Balaban J connectivity index is 2.61. The Labute approximate surface area is 281 Å². The molecule has 0 heterocycles. The molecule has 2 N–H and O–H groups in total. The first-order valence-corrected chi connectivity index (χ1v) is 17.7. The van der Waals surface area contributed by atoms with Crippen LogP contribution in [-0.2, 0) is 54.0 Å². The molecule has 278 valence electrons.